The SMILES string of the molecule is CCc1ccc(O)c(C(=O)N2CCC(C(=O)O)C2)c1. The molecule has 1 atom stereocenters. The van der Waals surface area contributed by atoms with Gasteiger partial charge in [0.15, 0.2) is 0 Å². The number of aryl methyl sites for hydroxylation is 1. The van der Waals surface area contributed by atoms with Crippen molar-refractivity contribution in [3.8, 4) is 5.75 Å². The number of likely N-dealkylation sites (tertiary alicyclic amines) is 1. The summed E-state index contributed by atoms with van der Waals surface area (Å²) in [6, 6.07) is 4.96. The van der Waals surface area contributed by atoms with Crippen LogP contribution in [0.2, 0.25) is 0 Å². The fourth-order valence-electron chi connectivity index (χ4n) is 2.29. The van der Waals surface area contributed by atoms with Gasteiger partial charge in [0.05, 0.1) is 11.5 Å². The van der Waals surface area contributed by atoms with Crippen molar-refractivity contribution in [1.82, 2.24) is 4.90 Å². The molecule has 1 aromatic rings. The summed E-state index contributed by atoms with van der Waals surface area (Å²) in [4.78, 5) is 24.7. The van der Waals surface area contributed by atoms with Crippen LogP contribution in [-0.2, 0) is 11.2 Å². The van der Waals surface area contributed by atoms with Gasteiger partial charge in [-0.25, -0.2) is 0 Å². The van der Waals surface area contributed by atoms with Crippen molar-refractivity contribution in [2.24, 2.45) is 5.92 Å². The Kier molecular flexibility index (Phi) is 3.74. The lowest BCUT2D eigenvalue weighted by Gasteiger charge is -2.17. The van der Waals surface area contributed by atoms with Crippen LogP contribution < -0.4 is 0 Å². The Labute approximate surface area is 111 Å². The van der Waals surface area contributed by atoms with Crippen LogP contribution in [0.15, 0.2) is 18.2 Å². The van der Waals surface area contributed by atoms with E-state index in [0.29, 0.717) is 13.0 Å². The standard InChI is InChI=1S/C14H17NO4/c1-2-9-3-4-12(16)11(7-9)13(17)15-6-5-10(8-15)14(18)19/h3-4,7,10,16H,2,5-6,8H2,1H3,(H,18,19). The highest BCUT2D eigenvalue weighted by Gasteiger charge is 2.32. The minimum absolute atomic E-state index is 0.0547. The van der Waals surface area contributed by atoms with E-state index in [4.69, 9.17) is 5.11 Å². The quantitative estimate of drug-likeness (QED) is 0.866. The molecular weight excluding hydrogens is 246 g/mol. The lowest BCUT2D eigenvalue weighted by atomic mass is 10.1. The molecule has 2 rings (SSSR count). The maximum absolute atomic E-state index is 12.3. The Bertz CT molecular complexity index is 512. The van der Waals surface area contributed by atoms with Crippen molar-refractivity contribution in [3.63, 3.8) is 0 Å². The van der Waals surface area contributed by atoms with Gasteiger partial charge in [-0.3, -0.25) is 9.59 Å². The van der Waals surface area contributed by atoms with E-state index in [-0.39, 0.29) is 23.8 Å². The van der Waals surface area contributed by atoms with E-state index in [9.17, 15) is 14.7 Å². The topological polar surface area (TPSA) is 77.8 Å². The third-order valence-electron chi connectivity index (χ3n) is 3.52. The van der Waals surface area contributed by atoms with Gasteiger partial charge < -0.3 is 15.1 Å². The first-order valence-electron chi connectivity index (χ1n) is 6.37. The summed E-state index contributed by atoms with van der Waals surface area (Å²) in [5.74, 6) is -1.72. The number of benzene rings is 1. The summed E-state index contributed by atoms with van der Waals surface area (Å²) >= 11 is 0. The number of rotatable bonds is 3. The molecule has 0 spiro atoms. The Hall–Kier alpha value is -2.04. The fourth-order valence-corrected chi connectivity index (χ4v) is 2.29. The third-order valence-corrected chi connectivity index (χ3v) is 3.52. The highest BCUT2D eigenvalue weighted by atomic mass is 16.4. The molecule has 0 bridgehead atoms. The summed E-state index contributed by atoms with van der Waals surface area (Å²) in [6.45, 7) is 2.60. The molecule has 0 aliphatic carbocycles. The monoisotopic (exact) mass is 263 g/mol. The molecule has 0 radical (unpaired) electrons. The largest absolute Gasteiger partial charge is 0.507 e. The zero-order valence-corrected chi connectivity index (χ0v) is 10.8. The van der Waals surface area contributed by atoms with E-state index in [1.54, 1.807) is 12.1 Å². The normalized spacial score (nSPS) is 18.6. The molecule has 102 valence electrons. The Morgan fingerprint density at radius 2 is 2.16 bits per heavy atom. The van der Waals surface area contributed by atoms with Gasteiger partial charge in [0.1, 0.15) is 5.75 Å². The first-order valence-corrected chi connectivity index (χ1v) is 6.37. The molecule has 1 amide bonds. The van der Waals surface area contributed by atoms with Crippen molar-refractivity contribution in [1.29, 1.82) is 0 Å². The second-order valence-electron chi connectivity index (χ2n) is 4.78. The first kappa shape index (κ1) is 13.4. The Balaban J connectivity index is 2.18. The Morgan fingerprint density at radius 3 is 2.74 bits per heavy atom. The molecule has 1 heterocycles. The van der Waals surface area contributed by atoms with Crippen LogP contribution in [-0.4, -0.2) is 40.1 Å². The summed E-state index contributed by atoms with van der Waals surface area (Å²) < 4.78 is 0. The number of nitrogens with zero attached hydrogens (tertiary/aromatic N) is 1. The van der Waals surface area contributed by atoms with Crippen LogP contribution in [0, 0.1) is 5.92 Å². The van der Waals surface area contributed by atoms with Gasteiger partial charge in [0, 0.05) is 13.1 Å². The van der Waals surface area contributed by atoms with Crippen LogP contribution in [0.1, 0.15) is 29.3 Å². The average Bonchev–Trinajstić information content (AvgIpc) is 2.88. The lowest BCUT2D eigenvalue weighted by Crippen LogP contribution is -2.30. The maximum Gasteiger partial charge on any atom is 0.308 e. The van der Waals surface area contributed by atoms with E-state index in [2.05, 4.69) is 0 Å². The predicted molar refractivity (Wildman–Crippen MR) is 69.1 cm³/mol. The average molecular weight is 263 g/mol. The van der Waals surface area contributed by atoms with Gasteiger partial charge >= 0.3 is 5.97 Å². The van der Waals surface area contributed by atoms with E-state index >= 15 is 0 Å². The van der Waals surface area contributed by atoms with Crippen LogP contribution >= 0.6 is 0 Å². The summed E-state index contributed by atoms with van der Waals surface area (Å²) in [7, 11) is 0. The molecule has 5 heteroatoms. The third kappa shape index (κ3) is 2.70. The second kappa shape index (κ2) is 5.30. The van der Waals surface area contributed by atoms with Crippen molar-refractivity contribution < 1.29 is 19.8 Å². The molecule has 19 heavy (non-hydrogen) atoms. The second-order valence-corrected chi connectivity index (χ2v) is 4.78. The van der Waals surface area contributed by atoms with E-state index in [1.165, 1.54) is 11.0 Å². The number of carbonyl (C=O) groups is 2. The molecule has 1 aliphatic rings. The first-order chi connectivity index (χ1) is 9.02. The molecule has 0 saturated carbocycles. The highest BCUT2D eigenvalue weighted by Crippen LogP contribution is 2.24. The number of carboxylic acid groups (broad SMARTS) is 1. The van der Waals surface area contributed by atoms with Crippen LogP contribution in [0.4, 0.5) is 0 Å². The van der Waals surface area contributed by atoms with E-state index in [0.717, 1.165) is 12.0 Å². The number of hydrogen-bond donors (Lipinski definition) is 2. The molecule has 1 aliphatic heterocycles. The van der Waals surface area contributed by atoms with Crippen LogP contribution in [0.3, 0.4) is 0 Å². The number of aliphatic carboxylic acids is 1. The fraction of sp³-hybridized carbons (Fsp3) is 0.429. The van der Waals surface area contributed by atoms with Crippen LogP contribution in [0.5, 0.6) is 5.75 Å². The summed E-state index contributed by atoms with van der Waals surface area (Å²) in [5.41, 5.74) is 1.22. The lowest BCUT2D eigenvalue weighted by molar-refractivity contribution is -0.141. The van der Waals surface area contributed by atoms with Gasteiger partial charge in [0.2, 0.25) is 0 Å². The molecule has 1 fully saturated rings. The number of carboxylic acids is 1. The van der Waals surface area contributed by atoms with Crippen LogP contribution in [0.25, 0.3) is 0 Å². The molecule has 2 N–H and O–H groups in total. The number of aromatic hydroxyl groups is 1. The predicted octanol–water partition coefficient (Wildman–Crippen LogP) is 1.50. The zero-order valence-electron chi connectivity index (χ0n) is 10.8. The van der Waals surface area contributed by atoms with Gasteiger partial charge in [-0.2, -0.15) is 0 Å². The van der Waals surface area contributed by atoms with Gasteiger partial charge in [0.25, 0.3) is 5.91 Å². The minimum Gasteiger partial charge on any atom is -0.507 e. The van der Waals surface area contributed by atoms with Gasteiger partial charge in [-0.1, -0.05) is 13.0 Å². The minimum atomic E-state index is -0.873. The van der Waals surface area contributed by atoms with E-state index in [1.807, 2.05) is 6.92 Å². The molecular formula is C14H17NO4. The molecule has 5 nitrogen and oxygen atoms in total. The zero-order chi connectivity index (χ0) is 14.0. The highest BCUT2D eigenvalue weighted by molar-refractivity contribution is 5.97. The molecule has 1 unspecified atom stereocenters. The molecule has 1 saturated heterocycles. The van der Waals surface area contributed by atoms with Crippen molar-refractivity contribution in [2.75, 3.05) is 13.1 Å². The number of phenols is 1. The van der Waals surface area contributed by atoms with Crippen molar-refractivity contribution >= 4 is 11.9 Å². The van der Waals surface area contributed by atoms with E-state index < -0.39 is 11.9 Å². The van der Waals surface area contributed by atoms with Gasteiger partial charge in [-0.05, 0) is 30.5 Å². The van der Waals surface area contributed by atoms with Crippen molar-refractivity contribution in [2.45, 2.75) is 19.8 Å². The smallest absolute Gasteiger partial charge is 0.308 e. The summed E-state index contributed by atoms with van der Waals surface area (Å²) in [5, 5.41) is 18.7. The molecule has 1 aromatic carbocycles. The number of hydrogen-bond acceptors (Lipinski definition) is 3. The number of phenolic OH excluding ortho intramolecular Hbond substituents is 1. The van der Waals surface area contributed by atoms with Crippen molar-refractivity contribution in [3.05, 3.63) is 29.3 Å². The number of amides is 1. The molecule has 0 aromatic heterocycles. The van der Waals surface area contributed by atoms with Gasteiger partial charge in [-0.15, -0.1) is 0 Å². The maximum atomic E-state index is 12.3. The summed E-state index contributed by atoms with van der Waals surface area (Å²) in [6.07, 6.45) is 1.24. The Morgan fingerprint density at radius 1 is 1.42 bits per heavy atom. The number of carbonyl (C=O) groups excluding carboxylic acids is 1.